The number of carbonyl (C=O) groups is 2. The summed E-state index contributed by atoms with van der Waals surface area (Å²) < 4.78 is 0. The lowest BCUT2D eigenvalue weighted by Crippen LogP contribution is -2.48. The van der Waals surface area contributed by atoms with E-state index in [1.165, 1.54) is 5.56 Å². The Kier molecular flexibility index (Phi) is 6.96. The van der Waals surface area contributed by atoms with E-state index >= 15 is 0 Å². The van der Waals surface area contributed by atoms with Crippen LogP contribution < -0.4 is 5.32 Å². The van der Waals surface area contributed by atoms with Gasteiger partial charge < -0.3 is 10.2 Å². The number of amides is 2. The number of hydrogen-bond acceptors (Lipinski definition) is 2. The molecule has 0 aliphatic carbocycles. The highest BCUT2D eigenvalue weighted by molar-refractivity contribution is 5.88. The molecule has 0 saturated carbocycles. The average molecular weight is 352 g/mol. The molecule has 26 heavy (non-hydrogen) atoms. The number of benzene rings is 2. The highest BCUT2D eigenvalue weighted by Gasteiger charge is 2.25. The van der Waals surface area contributed by atoms with Crippen LogP contribution in [-0.4, -0.2) is 29.3 Å². The molecule has 1 atom stereocenters. The first-order valence-corrected chi connectivity index (χ1v) is 9.09. The zero-order valence-corrected chi connectivity index (χ0v) is 16.1. The normalized spacial score (nSPS) is 11.7. The van der Waals surface area contributed by atoms with E-state index in [0.717, 1.165) is 16.7 Å². The molecule has 0 aliphatic rings. The molecule has 2 aromatic rings. The van der Waals surface area contributed by atoms with Crippen LogP contribution in [0.5, 0.6) is 0 Å². The Morgan fingerprint density at radius 2 is 1.69 bits per heavy atom. The van der Waals surface area contributed by atoms with Gasteiger partial charge in [-0.3, -0.25) is 9.59 Å². The first-order valence-electron chi connectivity index (χ1n) is 9.09. The van der Waals surface area contributed by atoms with Gasteiger partial charge in [0.2, 0.25) is 11.8 Å². The first kappa shape index (κ1) is 19.7. The zero-order chi connectivity index (χ0) is 19.1. The Hall–Kier alpha value is -2.62. The first-order chi connectivity index (χ1) is 12.4. The van der Waals surface area contributed by atoms with E-state index in [0.29, 0.717) is 13.1 Å². The lowest BCUT2D eigenvalue weighted by molar-refractivity contribution is -0.140. The largest absolute Gasteiger partial charge is 0.355 e. The van der Waals surface area contributed by atoms with Gasteiger partial charge in [0.25, 0.3) is 0 Å². The molecule has 0 radical (unpaired) electrons. The van der Waals surface area contributed by atoms with E-state index in [4.69, 9.17) is 0 Å². The van der Waals surface area contributed by atoms with Gasteiger partial charge in [0, 0.05) is 13.1 Å². The molecule has 0 aliphatic heterocycles. The average Bonchev–Trinajstić information content (AvgIpc) is 2.60. The second-order valence-electron chi connectivity index (χ2n) is 6.74. The van der Waals surface area contributed by atoms with E-state index < -0.39 is 6.04 Å². The van der Waals surface area contributed by atoms with Gasteiger partial charge in [-0.1, -0.05) is 59.7 Å². The molecule has 0 fully saturated rings. The van der Waals surface area contributed by atoms with Gasteiger partial charge in [0.1, 0.15) is 6.04 Å². The van der Waals surface area contributed by atoms with Crippen LogP contribution in [0, 0.1) is 13.8 Å². The van der Waals surface area contributed by atoms with Crippen molar-refractivity contribution in [3.63, 3.8) is 0 Å². The number of nitrogens with one attached hydrogen (secondary N) is 1. The van der Waals surface area contributed by atoms with Crippen molar-refractivity contribution in [2.75, 3.05) is 6.54 Å². The van der Waals surface area contributed by atoms with Gasteiger partial charge in [-0.05, 0) is 38.8 Å². The molecule has 2 rings (SSSR count). The van der Waals surface area contributed by atoms with Crippen LogP contribution in [0.1, 0.15) is 36.1 Å². The smallest absolute Gasteiger partial charge is 0.242 e. The van der Waals surface area contributed by atoms with E-state index in [1.54, 1.807) is 11.8 Å². The number of rotatable bonds is 7. The minimum Gasteiger partial charge on any atom is -0.355 e. The molecule has 0 saturated heterocycles. The number of nitrogens with zero attached hydrogens (tertiary/aromatic N) is 1. The third-order valence-electron chi connectivity index (χ3n) is 4.43. The van der Waals surface area contributed by atoms with E-state index in [1.807, 2.05) is 69.3 Å². The van der Waals surface area contributed by atoms with Crippen LogP contribution in [0.15, 0.2) is 48.5 Å². The minimum absolute atomic E-state index is 0.0464. The molecule has 0 aromatic heterocycles. The van der Waals surface area contributed by atoms with Gasteiger partial charge >= 0.3 is 0 Å². The fourth-order valence-corrected chi connectivity index (χ4v) is 2.89. The molecule has 0 unspecified atom stereocenters. The number of likely N-dealkylation sites (N-methyl/N-ethyl adjacent to an activating group) is 1. The Balaban J connectivity index is 2.21. The Morgan fingerprint density at radius 3 is 2.31 bits per heavy atom. The molecule has 138 valence electrons. The summed E-state index contributed by atoms with van der Waals surface area (Å²) in [6.07, 6.45) is 0.289. The molecular weight excluding hydrogens is 324 g/mol. The summed E-state index contributed by atoms with van der Waals surface area (Å²) in [7, 11) is 0. The second kappa shape index (κ2) is 9.18. The quantitative estimate of drug-likeness (QED) is 0.830. The van der Waals surface area contributed by atoms with Crippen molar-refractivity contribution in [2.24, 2.45) is 0 Å². The van der Waals surface area contributed by atoms with Gasteiger partial charge in [-0.25, -0.2) is 0 Å². The summed E-state index contributed by atoms with van der Waals surface area (Å²) in [5.41, 5.74) is 4.27. The van der Waals surface area contributed by atoms with Crippen LogP contribution in [0.25, 0.3) is 0 Å². The van der Waals surface area contributed by atoms with Crippen molar-refractivity contribution in [1.82, 2.24) is 10.2 Å². The van der Waals surface area contributed by atoms with E-state index in [9.17, 15) is 9.59 Å². The molecule has 4 nitrogen and oxygen atoms in total. The van der Waals surface area contributed by atoms with Gasteiger partial charge in [-0.2, -0.15) is 0 Å². The maximum absolute atomic E-state index is 13.0. The fraction of sp³-hybridized carbons (Fsp3) is 0.364. The summed E-state index contributed by atoms with van der Waals surface area (Å²) in [5, 5.41) is 2.82. The maximum atomic E-state index is 13.0. The van der Waals surface area contributed by atoms with Crippen LogP contribution in [0.2, 0.25) is 0 Å². The Labute approximate surface area is 156 Å². The topological polar surface area (TPSA) is 49.4 Å². The summed E-state index contributed by atoms with van der Waals surface area (Å²) in [6, 6.07) is 15.5. The van der Waals surface area contributed by atoms with Crippen molar-refractivity contribution in [2.45, 2.75) is 46.7 Å². The van der Waals surface area contributed by atoms with Gasteiger partial charge in [0.05, 0.1) is 6.42 Å². The number of carbonyl (C=O) groups excluding carboxylic acids is 2. The van der Waals surface area contributed by atoms with Gasteiger partial charge in [-0.15, -0.1) is 0 Å². The molecule has 2 aromatic carbocycles. The number of aryl methyl sites for hydroxylation is 2. The van der Waals surface area contributed by atoms with Crippen molar-refractivity contribution in [1.29, 1.82) is 0 Å². The lowest BCUT2D eigenvalue weighted by atomic mass is 10.1. The molecule has 1 N–H and O–H groups in total. The van der Waals surface area contributed by atoms with Crippen molar-refractivity contribution in [3.05, 3.63) is 70.8 Å². The molecule has 4 heteroatoms. The Morgan fingerprint density at radius 1 is 1.00 bits per heavy atom. The summed E-state index contributed by atoms with van der Waals surface area (Å²) >= 11 is 0. The third-order valence-corrected chi connectivity index (χ3v) is 4.43. The van der Waals surface area contributed by atoms with E-state index in [2.05, 4.69) is 5.32 Å². The van der Waals surface area contributed by atoms with E-state index in [-0.39, 0.29) is 18.2 Å². The van der Waals surface area contributed by atoms with Crippen molar-refractivity contribution in [3.8, 4) is 0 Å². The lowest BCUT2D eigenvalue weighted by Gasteiger charge is -2.29. The monoisotopic (exact) mass is 352 g/mol. The molecule has 0 bridgehead atoms. The maximum Gasteiger partial charge on any atom is 0.242 e. The standard InChI is InChI=1S/C22H28N2O2/c1-5-23-22(26)18(4)24(15-19-11-9-16(2)10-12-19)21(25)14-20-8-6-7-17(3)13-20/h6-13,18H,5,14-15H2,1-4H3,(H,23,26)/t18-/m0/s1. The van der Waals surface area contributed by atoms with Crippen molar-refractivity contribution < 1.29 is 9.59 Å². The molecule has 2 amide bonds. The number of hydrogen-bond donors (Lipinski definition) is 1. The second-order valence-corrected chi connectivity index (χ2v) is 6.74. The van der Waals surface area contributed by atoms with Crippen molar-refractivity contribution >= 4 is 11.8 Å². The highest BCUT2D eigenvalue weighted by atomic mass is 16.2. The van der Waals surface area contributed by atoms with Gasteiger partial charge in [0.15, 0.2) is 0 Å². The molecule has 0 spiro atoms. The SMILES string of the molecule is CCNC(=O)[C@H](C)N(Cc1ccc(C)cc1)C(=O)Cc1cccc(C)c1. The Bertz CT molecular complexity index is 753. The highest BCUT2D eigenvalue weighted by Crippen LogP contribution is 2.14. The summed E-state index contributed by atoms with van der Waals surface area (Å²) in [4.78, 5) is 27.0. The molecular formula is C22H28N2O2. The summed E-state index contributed by atoms with van der Waals surface area (Å²) in [5.74, 6) is -0.174. The van der Waals surface area contributed by atoms with Crippen LogP contribution in [-0.2, 0) is 22.6 Å². The minimum atomic E-state index is -0.520. The fourth-order valence-electron chi connectivity index (χ4n) is 2.89. The zero-order valence-electron chi connectivity index (χ0n) is 16.1. The predicted molar refractivity (Wildman–Crippen MR) is 105 cm³/mol. The summed E-state index contributed by atoms with van der Waals surface area (Å²) in [6.45, 7) is 8.67. The van der Waals surface area contributed by atoms with Crippen LogP contribution in [0.3, 0.4) is 0 Å². The van der Waals surface area contributed by atoms with Crippen LogP contribution >= 0.6 is 0 Å². The predicted octanol–water partition coefficient (Wildman–Crippen LogP) is 3.40. The van der Waals surface area contributed by atoms with Crippen LogP contribution in [0.4, 0.5) is 0 Å². The molecule has 0 heterocycles. The third kappa shape index (κ3) is 5.45.